The van der Waals surface area contributed by atoms with Crippen LogP contribution in [0.4, 0.5) is 0 Å². The van der Waals surface area contributed by atoms with E-state index in [-0.39, 0.29) is 24.7 Å². The molecule has 0 radical (unpaired) electrons. The fourth-order valence-electron chi connectivity index (χ4n) is 1.32. The average Bonchev–Trinajstić information content (AvgIpc) is 2.27. The van der Waals surface area contributed by atoms with E-state index in [1.807, 2.05) is 0 Å². The van der Waals surface area contributed by atoms with Gasteiger partial charge in [0.05, 0.1) is 5.75 Å². The Hall–Kier alpha value is -1.11. The van der Waals surface area contributed by atoms with E-state index in [1.165, 1.54) is 6.92 Å². The van der Waals surface area contributed by atoms with Gasteiger partial charge in [0.2, 0.25) is 15.9 Å². The second kappa shape index (κ2) is 6.72. The van der Waals surface area contributed by atoms with E-state index in [1.54, 1.807) is 24.3 Å². The molecule has 0 aromatic heterocycles. The van der Waals surface area contributed by atoms with E-state index in [2.05, 4.69) is 10.0 Å². The van der Waals surface area contributed by atoms with Crippen molar-refractivity contribution in [2.75, 3.05) is 13.1 Å². The van der Waals surface area contributed by atoms with Crippen molar-refractivity contribution in [3.63, 3.8) is 0 Å². The Morgan fingerprint density at radius 2 is 1.94 bits per heavy atom. The fraction of sp³-hybridized carbons (Fsp3) is 0.364. The largest absolute Gasteiger partial charge is 0.355 e. The lowest BCUT2D eigenvalue weighted by molar-refractivity contribution is -0.118. The van der Waals surface area contributed by atoms with Crippen LogP contribution >= 0.6 is 11.6 Å². The number of hydrogen-bond donors (Lipinski definition) is 2. The van der Waals surface area contributed by atoms with Crippen LogP contribution in [0.1, 0.15) is 12.5 Å². The van der Waals surface area contributed by atoms with Gasteiger partial charge in [0.1, 0.15) is 0 Å². The standard InChI is InChI=1S/C11H15ClN2O3S/c1-9(15)13-6-7-14-18(16,17)8-10-4-2-3-5-11(10)12/h2-5,14H,6-8H2,1H3,(H,13,15). The van der Waals surface area contributed by atoms with Crippen LogP contribution in [0.2, 0.25) is 5.02 Å². The number of carbonyl (C=O) groups is 1. The van der Waals surface area contributed by atoms with Gasteiger partial charge in [0.15, 0.2) is 0 Å². The molecule has 0 heterocycles. The van der Waals surface area contributed by atoms with Crippen LogP contribution in [-0.2, 0) is 20.6 Å². The maximum absolute atomic E-state index is 11.7. The molecule has 18 heavy (non-hydrogen) atoms. The van der Waals surface area contributed by atoms with E-state index in [0.717, 1.165) is 0 Å². The molecule has 1 rings (SSSR count). The highest BCUT2D eigenvalue weighted by molar-refractivity contribution is 7.88. The Balaban J connectivity index is 2.50. The van der Waals surface area contributed by atoms with E-state index >= 15 is 0 Å². The molecule has 0 unspecified atom stereocenters. The van der Waals surface area contributed by atoms with Crippen LogP contribution in [-0.4, -0.2) is 27.4 Å². The predicted octanol–water partition coefficient (Wildman–Crippen LogP) is 0.896. The summed E-state index contributed by atoms with van der Waals surface area (Å²) in [7, 11) is -3.44. The van der Waals surface area contributed by atoms with Crippen LogP contribution < -0.4 is 10.0 Å². The number of nitrogens with one attached hydrogen (secondary N) is 2. The van der Waals surface area contributed by atoms with Crippen molar-refractivity contribution in [2.24, 2.45) is 0 Å². The first-order valence-electron chi connectivity index (χ1n) is 5.36. The molecule has 1 aromatic rings. The molecule has 0 aliphatic carbocycles. The van der Waals surface area contributed by atoms with Crippen LogP contribution in [0.15, 0.2) is 24.3 Å². The van der Waals surface area contributed by atoms with Gasteiger partial charge in [0, 0.05) is 25.0 Å². The first-order chi connectivity index (χ1) is 8.41. The molecule has 0 atom stereocenters. The van der Waals surface area contributed by atoms with Gasteiger partial charge in [0.25, 0.3) is 0 Å². The van der Waals surface area contributed by atoms with E-state index in [0.29, 0.717) is 10.6 Å². The first-order valence-corrected chi connectivity index (χ1v) is 7.39. The van der Waals surface area contributed by atoms with E-state index in [4.69, 9.17) is 11.6 Å². The van der Waals surface area contributed by atoms with E-state index < -0.39 is 10.0 Å². The highest BCUT2D eigenvalue weighted by atomic mass is 35.5. The van der Waals surface area contributed by atoms with Crippen LogP contribution in [0.25, 0.3) is 0 Å². The summed E-state index contributed by atoms with van der Waals surface area (Å²) in [4.78, 5) is 10.6. The Bertz CT molecular complexity index is 517. The lowest BCUT2D eigenvalue weighted by Crippen LogP contribution is -2.34. The Kier molecular flexibility index (Phi) is 5.58. The number of amides is 1. The van der Waals surface area contributed by atoms with Gasteiger partial charge in [-0.15, -0.1) is 0 Å². The van der Waals surface area contributed by atoms with Gasteiger partial charge < -0.3 is 5.32 Å². The third-order valence-corrected chi connectivity index (χ3v) is 3.83. The van der Waals surface area contributed by atoms with Crippen LogP contribution in [0, 0.1) is 0 Å². The molecular formula is C11H15ClN2O3S. The van der Waals surface area contributed by atoms with Gasteiger partial charge in [-0.25, -0.2) is 13.1 Å². The summed E-state index contributed by atoms with van der Waals surface area (Å²) in [5.74, 6) is -0.368. The summed E-state index contributed by atoms with van der Waals surface area (Å²) in [6.45, 7) is 1.79. The molecule has 1 amide bonds. The molecule has 0 aliphatic rings. The first kappa shape index (κ1) is 14.9. The average molecular weight is 291 g/mol. The molecule has 5 nitrogen and oxygen atoms in total. The minimum atomic E-state index is -3.44. The van der Waals surface area contributed by atoms with Crippen molar-refractivity contribution < 1.29 is 13.2 Å². The molecule has 0 saturated heterocycles. The zero-order chi connectivity index (χ0) is 13.6. The minimum absolute atomic E-state index is 0.159. The summed E-state index contributed by atoms with van der Waals surface area (Å²) < 4.78 is 25.8. The third-order valence-electron chi connectivity index (χ3n) is 2.12. The normalized spacial score (nSPS) is 11.2. The van der Waals surface area contributed by atoms with Gasteiger partial charge in [-0.1, -0.05) is 29.8 Å². The second-order valence-electron chi connectivity index (χ2n) is 3.73. The fourth-order valence-corrected chi connectivity index (χ4v) is 2.77. The van der Waals surface area contributed by atoms with Gasteiger partial charge in [-0.2, -0.15) is 0 Å². The van der Waals surface area contributed by atoms with Gasteiger partial charge in [-0.05, 0) is 11.6 Å². The number of rotatable bonds is 6. The van der Waals surface area contributed by atoms with Crippen molar-refractivity contribution in [3.05, 3.63) is 34.9 Å². The minimum Gasteiger partial charge on any atom is -0.355 e. The Morgan fingerprint density at radius 1 is 1.28 bits per heavy atom. The summed E-state index contributed by atoms with van der Waals surface area (Å²) >= 11 is 5.88. The molecule has 0 aliphatic heterocycles. The quantitative estimate of drug-likeness (QED) is 0.764. The summed E-state index contributed by atoms with van der Waals surface area (Å²) in [5.41, 5.74) is 0.547. The maximum Gasteiger partial charge on any atom is 0.216 e. The molecule has 0 spiro atoms. The van der Waals surface area contributed by atoms with Crippen LogP contribution in [0.5, 0.6) is 0 Å². The second-order valence-corrected chi connectivity index (χ2v) is 5.94. The predicted molar refractivity (Wildman–Crippen MR) is 70.8 cm³/mol. The Labute approximate surface area is 112 Å². The molecule has 7 heteroatoms. The molecular weight excluding hydrogens is 276 g/mol. The topological polar surface area (TPSA) is 75.3 Å². The van der Waals surface area contributed by atoms with Crippen molar-refractivity contribution in [1.82, 2.24) is 10.0 Å². The zero-order valence-corrected chi connectivity index (χ0v) is 11.5. The SMILES string of the molecule is CC(=O)NCCNS(=O)(=O)Cc1ccccc1Cl. The summed E-state index contributed by atoms with van der Waals surface area (Å²) in [6, 6.07) is 6.77. The zero-order valence-electron chi connectivity index (χ0n) is 9.94. The molecule has 0 fully saturated rings. The highest BCUT2D eigenvalue weighted by Gasteiger charge is 2.12. The molecule has 2 N–H and O–H groups in total. The highest BCUT2D eigenvalue weighted by Crippen LogP contribution is 2.16. The van der Waals surface area contributed by atoms with Crippen molar-refractivity contribution in [2.45, 2.75) is 12.7 Å². The molecule has 0 bridgehead atoms. The number of carbonyl (C=O) groups excluding carboxylic acids is 1. The van der Waals surface area contributed by atoms with Gasteiger partial charge >= 0.3 is 0 Å². The summed E-state index contributed by atoms with van der Waals surface area (Å²) in [5, 5.41) is 2.92. The third kappa shape index (κ3) is 5.48. The number of halogens is 1. The van der Waals surface area contributed by atoms with Crippen molar-refractivity contribution in [1.29, 1.82) is 0 Å². The number of hydrogen-bond acceptors (Lipinski definition) is 3. The van der Waals surface area contributed by atoms with Gasteiger partial charge in [-0.3, -0.25) is 4.79 Å². The summed E-state index contributed by atoms with van der Waals surface area (Å²) in [6.07, 6.45) is 0. The Morgan fingerprint density at radius 3 is 2.56 bits per heavy atom. The monoisotopic (exact) mass is 290 g/mol. The maximum atomic E-state index is 11.7. The van der Waals surface area contributed by atoms with E-state index in [9.17, 15) is 13.2 Å². The lowest BCUT2D eigenvalue weighted by Gasteiger charge is -2.08. The molecule has 1 aromatic carbocycles. The smallest absolute Gasteiger partial charge is 0.216 e. The number of benzene rings is 1. The van der Waals surface area contributed by atoms with Crippen molar-refractivity contribution in [3.8, 4) is 0 Å². The van der Waals surface area contributed by atoms with Crippen molar-refractivity contribution >= 4 is 27.5 Å². The molecule has 100 valence electrons. The molecule has 0 saturated carbocycles. The van der Waals surface area contributed by atoms with Crippen LogP contribution in [0.3, 0.4) is 0 Å². The lowest BCUT2D eigenvalue weighted by atomic mass is 10.2. The number of sulfonamides is 1.